The highest BCUT2D eigenvalue weighted by atomic mass is 32.2. The number of hydrogen-bond acceptors (Lipinski definition) is 6. The minimum absolute atomic E-state index is 0.0816. The molecule has 0 radical (unpaired) electrons. The summed E-state index contributed by atoms with van der Waals surface area (Å²) in [4.78, 5) is 22.8. The van der Waals surface area contributed by atoms with Gasteiger partial charge in [0.1, 0.15) is 16.2 Å². The van der Waals surface area contributed by atoms with Gasteiger partial charge in [-0.1, -0.05) is 0 Å². The zero-order valence-corrected chi connectivity index (χ0v) is 15.0. The van der Waals surface area contributed by atoms with Crippen LogP contribution in [0, 0.1) is 13.8 Å². The van der Waals surface area contributed by atoms with Gasteiger partial charge in [-0.05, 0) is 33.4 Å². The molecule has 1 atom stereocenters. The average molecular weight is 339 g/mol. The Labute approximate surface area is 139 Å². The van der Waals surface area contributed by atoms with E-state index in [1.165, 1.54) is 10.4 Å². The van der Waals surface area contributed by atoms with E-state index < -0.39 is 0 Å². The molecular weight excluding hydrogens is 316 g/mol. The van der Waals surface area contributed by atoms with Crippen molar-refractivity contribution in [3.05, 3.63) is 16.8 Å². The SMILES string of the molecule is CNC(C)CNC(=O)CCSc1ncnc2sc(C)c(C)c12. The van der Waals surface area contributed by atoms with Crippen LogP contribution in [0.1, 0.15) is 23.8 Å². The third kappa shape index (κ3) is 4.18. The van der Waals surface area contributed by atoms with Gasteiger partial charge in [-0.25, -0.2) is 9.97 Å². The summed E-state index contributed by atoms with van der Waals surface area (Å²) in [6.07, 6.45) is 2.10. The van der Waals surface area contributed by atoms with E-state index in [9.17, 15) is 4.79 Å². The van der Waals surface area contributed by atoms with Gasteiger partial charge in [0, 0.05) is 35.0 Å². The van der Waals surface area contributed by atoms with Crippen molar-refractivity contribution in [1.82, 2.24) is 20.6 Å². The average Bonchev–Trinajstić information content (AvgIpc) is 2.80. The van der Waals surface area contributed by atoms with Crippen LogP contribution in [0.5, 0.6) is 0 Å². The van der Waals surface area contributed by atoms with Gasteiger partial charge in [0.25, 0.3) is 0 Å². The molecule has 0 aliphatic carbocycles. The third-order valence-electron chi connectivity index (χ3n) is 3.60. The van der Waals surface area contributed by atoms with Gasteiger partial charge >= 0.3 is 0 Å². The highest BCUT2D eigenvalue weighted by Gasteiger charge is 2.12. The van der Waals surface area contributed by atoms with Crippen molar-refractivity contribution in [1.29, 1.82) is 0 Å². The molecule has 2 aromatic rings. The summed E-state index contributed by atoms with van der Waals surface area (Å²) in [6.45, 7) is 6.90. The molecule has 0 bridgehead atoms. The third-order valence-corrected chi connectivity index (χ3v) is 5.70. The maximum absolute atomic E-state index is 11.8. The number of thiophene rings is 1. The number of carbonyl (C=O) groups is 1. The summed E-state index contributed by atoms with van der Waals surface area (Å²) >= 11 is 3.32. The first-order chi connectivity index (χ1) is 10.5. The normalized spacial score (nSPS) is 12.5. The Hall–Kier alpha value is -1.18. The molecule has 0 fully saturated rings. The lowest BCUT2D eigenvalue weighted by Gasteiger charge is -2.11. The van der Waals surface area contributed by atoms with Gasteiger partial charge in [0.2, 0.25) is 5.91 Å². The number of thioether (sulfide) groups is 1. The molecule has 2 aromatic heterocycles. The van der Waals surface area contributed by atoms with Crippen LogP contribution in [0.25, 0.3) is 10.2 Å². The maximum atomic E-state index is 11.8. The summed E-state index contributed by atoms with van der Waals surface area (Å²) in [6, 6.07) is 0.287. The molecule has 0 saturated heterocycles. The fourth-order valence-electron chi connectivity index (χ4n) is 1.96. The van der Waals surface area contributed by atoms with E-state index in [4.69, 9.17) is 0 Å². The lowest BCUT2D eigenvalue weighted by molar-refractivity contribution is -0.120. The van der Waals surface area contributed by atoms with Crippen LogP contribution in [-0.4, -0.2) is 41.3 Å². The molecule has 7 heteroatoms. The van der Waals surface area contributed by atoms with Crippen LogP contribution in [0.15, 0.2) is 11.4 Å². The molecule has 0 aliphatic heterocycles. The smallest absolute Gasteiger partial charge is 0.220 e. The van der Waals surface area contributed by atoms with Crippen molar-refractivity contribution in [3.8, 4) is 0 Å². The Morgan fingerprint density at radius 2 is 2.18 bits per heavy atom. The molecule has 2 rings (SSSR count). The van der Waals surface area contributed by atoms with E-state index in [1.54, 1.807) is 29.4 Å². The molecule has 1 unspecified atom stereocenters. The number of fused-ring (bicyclic) bond motifs is 1. The molecular formula is C15H22N4OS2. The fourth-order valence-corrected chi connectivity index (χ4v) is 4.02. The first-order valence-corrected chi connectivity index (χ1v) is 9.10. The number of amides is 1. The minimum atomic E-state index is 0.0816. The Kier molecular flexibility index (Phi) is 6.16. The van der Waals surface area contributed by atoms with E-state index >= 15 is 0 Å². The van der Waals surface area contributed by atoms with Gasteiger partial charge in [0.05, 0.1) is 0 Å². The van der Waals surface area contributed by atoms with Crippen molar-refractivity contribution in [2.45, 2.75) is 38.3 Å². The summed E-state index contributed by atoms with van der Waals surface area (Å²) < 4.78 is 0. The number of aromatic nitrogens is 2. The molecule has 5 nitrogen and oxygen atoms in total. The first kappa shape index (κ1) is 17.2. The molecule has 2 heterocycles. The standard InChI is InChI=1S/C15H22N4OS2/c1-9(16-4)7-17-12(20)5-6-21-14-13-10(2)11(3)22-15(13)19-8-18-14/h8-9,16H,5-7H2,1-4H3,(H,17,20). The van der Waals surface area contributed by atoms with Crippen molar-refractivity contribution in [2.24, 2.45) is 0 Å². The number of rotatable bonds is 7. The van der Waals surface area contributed by atoms with E-state index in [0.29, 0.717) is 13.0 Å². The molecule has 22 heavy (non-hydrogen) atoms. The van der Waals surface area contributed by atoms with E-state index in [-0.39, 0.29) is 11.9 Å². The van der Waals surface area contributed by atoms with Crippen LogP contribution >= 0.6 is 23.1 Å². The second-order valence-electron chi connectivity index (χ2n) is 5.23. The number of nitrogens with one attached hydrogen (secondary N) is 2. The number of aryl methyl sites for hydroxylation is 2. The van der Waals surface area contributed by atoms with Crippen molar-refractivity contribution >= 4 is 39.2 Å². The van der Waals surface area contributed by atoms with Crippen LogP contribution in [-0.2, 0) is 4.79 Å². The Balaban J connectivity index is 1.91. The van der Waals surface area contributed by atoms with Gasteiger partial charge in [-0.2, -0.15) is 0 Å². The fraction of sp³-hybridized carbons (Fsp3) is 0.533. The van der Waals surface area contributed by atoms with Crippen LogP contribution in [0.4, 0.5) is 0 Å². The Bertz CT molecular complexity index is 656. The van der Waals surface area contributed by atoms with Gasteiger partial charge in [-0.15, -0.1) is 23.1 Å². The van der Waals surface area contributed by atoms with E-state index in [2.05, 4.69) is 34.4 Å². The monoisotopic (exact) mass is 338 g/mol. The van der Waals surface area contributed by atoms with E-state index in [0.717, 1.165) is 21.0 Å². The quantitative estimate of drug-likeness (QED) is 0.600. The van der Waals surface area contributed by atoms with Gasteiger partial charge in [0.15, 0.2) is 0 Å². The number of carbonyl (C=O) groups excluding carboxylic acids is 1. The predicted octanol–water partition coefficient (Wildman–Crippen LogP) is 2.51. The highest BCUT2D eigenvalue weighted by Crippen LogP contribution is 2.34. The summed E-state index contributed by atoms with van der Waals surface area (Å²) in [5.74, 6) is 0.804. The summed E-state index contributed by atoms with van der Waals surface area (Å²) in [7, 11) is 1.89. The first-order valence-electron chi connectivity index (χ1n) is 7.30. The summed E-state index contributed by atoms with van der Waals surface area (Å²) in [5, 5.41) is 8.14. The van der Waals surface area contributed by atoms with Crippen LogP contribution in [0.3, 0.4) is 0 Å². The van der Waals surface area contributed by atoms with Crippen molar-refractivity contribution < 1.29 is 4.79 Å². The highest BCUT2D eigenvalue weighted by molar-refractivity contribution is 7.99. The number of likely N-dealkylation sites (N-methyl/N-ethyl adjacent to an activating group) is 1. The van der Waals surface area contributed by atoms with Crippen molar-refractivity contribution in [3.63, 3.8) is 0 Å². The lowest BCUT2D eigenvalue weighted by Crippen LogP contribution is -2.37. The maximum Gasteiger partial charge on any atom is 0.220 e. The number of hydrogen-bond donors (Lipinski definition) is 2. The molecule has 120 valence electrons. The largest absolute Gasteiger partial charge is 0.355 e. The molecule has 2 N–H and O–H groups in total. The lowest BCUT2D eigenvalue weighted by atomic mass is 10.2. The zero-order chi connectivity index (χ0) is 16.1. The number of nitrogens with zero attached hydrogens (tertiary/aromatic N) is 2. The topological polar surface area (TPSA) is 66.9 Å². The summed E-state index contributed by atoms with van der Waals surface area (Å²) in [5.41, 5.74) is 1.25. The van der Waals surface area contributed by atoms with Crippen LogP contribution < -0.4 is 10.6 Å². The predicted molar refractivity (Wildman–Crippen MR) is 93.8 cm³/mol. The minimum Gasteiger partial charge on any atom is -0.355 e. The molecule has 0 aromatic carbocycles. The van der Waals surface area contributed by atoms with E-state index in [1.807, 2.05) is 14.0 Å². The molecule has 1 amide bonds. The Morgan fingerprint density at radius 1 is 1.41 bits per heavy atom. The van der Waals surface area contributed by atoms with Gasteiger partial charge in [-0.3, -0.25) is 4.79 Å². The Morgan fingerprint density at radius 3 is 2.91 bits per heavy atom. The molecule has 0 aliphatic rings. The van der Waals surface area contributed by atoms with Gasteiger partial charge < -0.3 is 10.6 Å². The molecule has 0 spiro atoms. The van der Waals surface area contributed by atoms with Crippen LogP contribution in [0.2, 0.25) is 0 Å². The molecule has 0 saturated carbocycles. The second-order valence-corrected chi connectivity index (χ2v) is 7.52. The zero-order valence-electron chi connectivity index (χ0n) is 13.4. The second kappa shape index (κ2) is 7.89. The van der Waals surface area contributed by atoms with Crippen molar-refractivity contribution in [2.75, 3.05) is 19.3 Å².